The molecule has 0 aliphatic rings. The Bertz CT molecular complexity index is 665. The molecule has 0 atom stereocenters. The minimum absolute atomic E-state index is 0.0440. The SMILES string of the molecule is CCCCCCCCCCCCc1ccc(NC(=O)CCCCCNC(=O)OC(C)(C)C)cc1. The Morgan fingerprint density at radius 3 is 1.91 bits per heavy atom. The summed E-state index contributed by atoms with van der Waals surface area (Å²) < 4.78 is 5.20. The Hall–Kier alpha value is -2.04. The van der Waals surface area contributed by atoms with Crippen molar-refractivity contribution in [1.29, 1.82) is 0 Å². The molecular weight excluding hydrogens is 424 g/mol. The number of benzene rings is 1. The largest absolute Gasteiger partial charge is 0.444 e. The van der Waals surface area contributed by atoms with Crippen LogP contribution in [0.4, 0.5) is 10.5 Å². The molecule has 1 rings (SSSR count). The van der Waals surface area contributed by atoms with Gasteiger partial charge in [0.05, 0.1) is 0 Å². The van der Waals surface area contributed by atoms with E-state index in [4.69, 9.17) is 4.74 Å². The topological polar surface area (TPSA) is 67.4 Å². The highest BCUT2D eigenvalue weighted by Crippen LogP contribution is 2.15. The molecule has 0 heterocycles. The molecule has 0 spiro atoms. The molecule has 0 unspecified atom stereocenters. The van der Waals surface area contributed by atoms with Crippen molar-refractivity contribution in [3.8, 4) is 0 Å². The molecular formula is C29H50N2O3. The maximum absolute atomic E-state index is 12.2. The Morgan fingerprint density at radius 2 is 1.32 bits per heavy atom. The second-order valence-electron chi connectivity index (χ2n) is 10.4. The lowest BCUT2D eigenvalue weighted by atomic mass is 10.0. The van der Waals surface area contributed by atoms with E-state index in [1.165, 1.54) is 69.8 Å². The van der Waals surface area contributed by atoms with E-state index >= 15 is 0 Å². The number of hydrogen-bond donors (Lipinski definition) is 2. The number of alkyl carbamates (subject to hydrolysis) is 1. The molecule has 0 aliphatic carbocycles. The van der Waals surface area contributed by atoms with Gasteiger partial charge in [0.1, 0.15) is 5.60 Å². The summed E-state index contributed by atoms with van der Waals surface area (Å²) in [6.45, 7) is 8.37. The smallest absolute Gasteiger partial charge is 0.407 e. The molecule has 5 nitrogen and oxygen atoms in total. The van der Waals surface area contributed by atoms with E-state index in [0.29, 0.717) is 13.0 Å². The second-order valence-corrected chi connectivity index (χ2v) is 10.4. The number of anilines is 1. The summed E-state index contributed by atoms with van der Waals surface area (Å²) in [5.74, 6) is 0.0440. The zero-order chi connectivity index (χ0) is 25.1. The minimum Gasteiger partial charge on any atom is -0.444 e. The van der Waals surface area contributed by atoms with Gasteiger partial charge in [-0.2, -0.15) is 0 Å². The number of amides is 2. The molecule has 0 saturated carbocycles. The first-order valence-electron chi connectivity index (χ1n) is 13.7. The number of unbranched alkanes of at least 4 members (excludes halogenated alkanes) is 11. The lowest BCUT2D eigenvalue weighted by molar-refractivity contribution is -0.116. The molecule has 5 heteroatoms. The highest BCUT2D eigenvalue weighted by Gasteiger charge is 2.15. The summed E-state index contributed by atoms with van der Waals surface area (Å²) in [4.78, 5) is 23.7. The molecule has 0 bridgehead atoms. The van der Waals surface area contributed by atoms with Crippen molar-refractivity contribution < 1.29 is 14.3 Å². The van der Waals surface area contributed by atoms with Crippen molar-refractivity contribution in [1.82, 2.24) is 5.32 Å². The summed E-state index contributed by atoms with van der Waals surface area (Å²) in [6.07, 6.45) is 17.3. The first-order valence-corrected chi connectivity index (χ1v) is 13.7. The molecule has 194 valence electrons. The highest BCUT2D eigenvalue weighted by atomic mass is 16.6. The third-order valence-corrected chi connectivity index (χ3v) is 5.81. The standard InChI is InChI=1S/C29H50N2O3/c1-5-6-7-8-9-10-11-12-13-15-18-25-20-22-26(23-21-25)31-27(32)19-16-14-17-24-30-28(33)34-29(2,3)4/h20-23H,5-19,24H2,1-4H3,(H,30,33)(H,31,32). The van der Waals surface area contributed by atoms with Gasteiger partial charge in [0.15, 0.2) is 0 Å². The Labute approximate surface area is 208 Å². The van der Waals surface area contributed by atoms with Gasteiger partial charge in [-0.15, -0.1) is 0 Å². The minimum atomic E-state index is -0.479. The average molecular weight is 475 g/mol. The molecule has 0 radical (unpaired) electrons. The predicted octanol–water partition coefficient (Wildman–Crippen LogP) is 8.17. The summed E-state index contributed by atoms with van der Waals surface area (Å²) in [5.41, 5.74) is 1.73. The molecule has 2 amide bonds. The van der Waals surface area contributed by atoms with Crippen LogP contribution in [-0.2, 0) is 16.0 Å². The van der Waals surface area contributed by atoms with Crippen LogP contribution in [0.2, 0.25) is 0 Å². The van der Waals surface area contributed by atoms with E-state index in [-0.39, 0.29) is 12.0 Å². The molecule has 1 aromatic rings. The van der Waals surface area contributed by atoms with Crippen LogP contribution in [0.25, 0.3) is 0 Å². The van der Waals surface area contributed by atoms with E-state index < -0.39 is 5.60 Å². The zero-order valence-electron chi connectivity index (χ0n) is 22.3. The fraction of sp³-hybridized carbons (Fsp3) is 0.724. The first kappa shape index (κ1) is 30.0. The van der Waals surface area contributed by atoms with Crippen molar-refractivity contribution in [2.45, 2.75) is 130 Å². The van der Waals surface area contributed by atoms with Crippen LogP contribution in [0.1, 0.15) is 123 Å². The van der Waals surface area contributed by atoms with Gasteiger partial charge in [-0.05, 0) is 64.2 Å². The van der Waals surface area contributed by atoms with E-state index in [1.54, 1.807) is 0 Å². The van der Waals surface area contributed by atoms with Crippen LogP contribution in [-0.4, -0.2) is 24.1 Å². The van der Waals surface area contributed by atoms with Gasteiger partial charge in [0.25, 0.3) is 0 Å². The number of carbonyl (C=O) groups excluding carboxylic acids is 2. The van der Waals surface area contributed by atoms with E-state index in [2.05, 4.69) is 29.7 Å². The molecule has 1 aromatic carbocycles. The normalized spacial score (nSPS) is 11.3. The van der Waals surface area contributed by atoms with Gasteiger partial charge < -0.3 is 15.4 Å². The fourth-order valence-corrected chi connectivity index (χ4v) is 3.89. The molecule has 0 fully saturated rings. The van der Waals surface area contributed by atoms with E-state index in [1.807, 2.05) is 32.9 Å². The average Bonchev–Trinajstić information content (AvgIpc) is 2.77. The molecule has 0 saturated heterocycles. The van der Waals surface area contributed by atoms with Gasteiger partial charge in [0.2, 0.25) is 5.91 Å². The Balaban J connectivity index is 2.04. The van der Waals surface area contributed by atoms with Crippen LogP contribution in [0.15, 0.2) is 24.3 Å². The maximum atomic E-state index is 12.2. The van der Waals surface area contributed by atoms with Gasteiger partial charge in [-0.3, -0.25) is 4.79 Å². The highest BCUT2D eigenvalue weighted by molar-refractivity contribution is 5.90. The fourth-order valence-electron chi connectivity index (χ4n) is 3.89. The maximum Gasteiger partial charge on any atom is 0.407 e. The van der Waals surface area contributed by atoms with Crippen LogP contribution < -0.4 is 10.6 Å². The number of aryl methyl sites for hydroxylation is 1. The summed E-state index contributed by atoms with van der Waals surface area (Å²) in [7, 11) is 0. The molecule has 34 heavy (non-hydrogen) atoms. The number of nitrogens with one attached hydrogen (secondary N) is 2. The summed E-state index contributed by atoms with van der Waals surface area (Å²) >= 11 is 0. The monoisotopic (exact) mass is 474 g/mol. The predicted molar refractivity (Wildman–Crippen MR) is 143 cm³/mol. The zero-order valence-corrected chi connectivity index (χ0v) is 22.3. The van der Waals surface area contributed by atoms with Crippen molar-refractivity contribution in [2.24, 2.45) is 0 Å². The van der Waals surface area contributed by atoms with Crippen molar-refractivity contribution >= 4 is 17.7 Å². The van der Waals surface area contributed by atoms with Crippen molar-refractivity contribution in [3.63, 3.8) is 0 Å². The van der Waals surface area contributed by atoms with Gasteiger partial charge in [0, 0.05) is 18.7 Å². The van der Waals surface area contributed by atoms with Crippen LogP contribution in [0.3, 0.4) is 0 Å². The third-order valence-electron chi connectivity index (χ3n) is 5.81. The van der Waals surface area contributed by atoms with Crippen molar-refractivity contribution in [2.75, 3.05) is 11.9 Å². The van der Waals surface area contributed by atoms with Crippen molar-refractivity contribution in [3.05, 3.63) is 29.8 Å². The Morgan fingerprint density at radius 1 is 0.765 bits per heavy atom. The lowest BCUT2D eigenvalue weighted by Crippen LogP contribution is -2.33. The third kappa shape index (κ3) is 17.4. The van der Waals surface area contributed by atoms with Gasteiger partial charge in [-0.1, -0.05) is 83.3 Å². The Kier molecular flexibility index (Phi) is 16.1. The van der Waals surface area contributed by atoms with Gasteiger partial charge in [-0.25, -0.2) is 4.79 Å². The second kappa shape index (κ2) is 18.3. The number of ether oxygens (including phenoxy) is 1. The molecule has 2 N–H and O–H groups in total. The number of rotatable bonds is 18. The lowest BCUT2D eigenvalue weighted by Gasteiger charge is -2.19. The van der Waals surface area contributed by atoms with Crippen LogP contribution in [0.5, 0.6) is 0 Å². The quantitative estimate of drug-likeness (QED) is 0.211. The first-order chi connectivity index (χ1) is 16.3. The van der Waals surface area contributed by atoms with Crippen LogP contribution in [0, 0.1) is 0 Å². The summed E-state index contributed by atoms with van der Waals surface area (Å²) in [5, 5.41) is 5.73. The van der Waals surface area contributed by atoms with E-state index in [9.17, 15) is 9.59 Å². The number of carbonyl (C=O) groups is 2. The molecule has 0 aliphatic heterocycles. The number of hydrogen-bond acceptors (Lipinski definition) is 3. The molecule has 0 aromatic heterocycles. The summed E-state index contributed by atoms with van der Waals surface area (Å²) in [6, 6.07) is 8.28. The van der Waals surface area contributed by atoms with Crippen LogP contribution >= 0.6 is 0 Å². The van der Waals surface area contributed by atoms with Gasteiger partial charge >= 0.3 is 6.09 Å². The van der Waals surface area contributed by atoms with E-state index in [0.717, 1.165) is 31.4 Å².